The van der Waals surface area contributed by atoms with Crippen molar-refractivity contribution in [2.75, 3.05) is 52.9 Å². The van der Waals surface area contributed by atoms with Crippen molar-refractivity contribution in [2.45, 2.75) is 33.1 Å². The third kappa shape index (κ3) is 7.06. The fourth-order valence-corrected chi connectivity index (χ4v) is 3.67. The van der Waals surface area contributed by atoms with Crippen LogP contribution in [0.5, 0.6) is 0 Å². The molecule has 0 aliphatic carbocycles. The van der Waals surface area contributed by atoms with Gasteiger partial charge in [0.25, 0.3) is 10.2 Å². The van der Waals surface area contributed by atoms with E-state index >= 15 is 0 Å². The van der Waals surface area contributed by atoms with Gasteiger partial charge in [-0.2, -0.15) is 12.7 Å². The Kier molecular flexibility index (Phi) is 8.73. The summed E-state index contributed by atoms with van der Waals surface area (Å²) in [5.41, 5.74) is 0. The van der Waals surface area contributed by atoms with Gasteiger partial charge in [0.1, 0.15) is 0 Å². The highest BCUT2D eigenvalue weighted by molar-refractivity contribution is 7.87. The van der Waals surface area contributed by atoms with Crippen molar-refractivity contribution in [2.24, 2.45) is 5.92 Å². The summed E-state index contributed by atoms with van der Waals surface area (Å²) in [7, 11) is -1.31. The minimum absolute atomic E-state index is 0.477. The van der Waals surface area contributed by atoms with Crippen LogP contribution in [0.25, 0.3) is 0 Å². The highest BCUT2D eigenvalue weighted by Crippen LogP contribution is 2.18. The maximum Gasteiger partial charge on any atom is 0.279 e. The first-order valence-corrected chi connectivity index (χ1v) is 9.57. The molecule has 1 aliphatic heterocycles. The lowest BCUT2D eigenvalue weighted by Gasteiger charge is -2.31. The molecule has 6 nitrogen and oxygen atoms in total. The maximum absolute atomic E-state index is 12.2. The van der Waals surface area contributed by atoms with E-state index in [1.54, 1.807) is 4.31 Å². The molecule has 0 aromatic rings. The minimum atomic E-state index is -3.30. The number of piperidine rings is 1. The number of nitrogens with one attached hydrogen (secondary N) is 2. The SMILES string of the molecule is CCCNCC1CCN(S(=O)(=O)NCCN(C)CC)CC1. The molecular formula is C14H32N4O2S. The normalized spacial score (nSPS) is 18.5. The van der Waals surface area contributed by atoms with Crippen LogP contribution in [0.15, 0.2) is 0 Å². The Morgan fingerprint density at radius 3 is 2.43 bits per heavy atom. The maximum atomic E-state index is 12.2. The molecule has 2 N–H and O–H groups in total. The van der Waals surface area contributed by atoms with Crippen LogP contribution in [0.4, 0.5) is 0 Å². The fraction of sp³-hybridized carbons (Fsp3) is 1.00. The van der Waals surface area contributed by atoms with Crippen LogP contribution in [0.2, 0.25) is 0 Å². The van der Waals surface area contributed by atoms with E-state index in [4.69, 9.17) is 0 Å². The van der Waals surface area contributed by atoms with E-state index in [0.29, 0.717) is 25.6 Å². The molecule has 0 unspecified atom stereocenters. The monoisotopic (exact) mass is 320 g/mol. The average molecular weight is 321 g/mol. The van der Waals surface area contributed by atoms with Crippen LogP contribution in [-0.4, -0.2) is 70.5 Å². The Labute approximate surface area is 130 Å². The molecule has 7 heteroatoms. The van der Waals surface area contributed by atoms with Crippen molar-refractivity contribution < 1.29 is 8.42 Å². The third-order valence-electron chi connectivity index (χ3n) is 4.09. The summed E-state index contributed by atoms with van der Waals surface area (Å²) in [5, 5.41) is 3.42. The van der Waals surface area contributed by atoms with Gasteiger partial charge in [-0.1, -0.05) is 13.8 Å². The summed E-state index contributed by atoms with van der Waals surface area (Å²) in [6, 6.07) is 0. The number of nitrogens with zero attached hydrogens (tertiary/aromatic N) is 2. The Morgan fingerprint density at radius 2 is 1.86 bits per heavy atom. The number of rotatable bonds is 10. The van der Waals surface area contributed by atoms with Crippen LogP contribution >= 0.6 is 0 Å². The van der Waals surface area contributed by atoms with Crippen LogP contribution in [0.1, 0.15) is 33.1 Å². The first kappa shape index (κ1) is 18.8. The summed E-state index contributed by atoms with van der Waals surface area (Å²) in [4.78, 5) is 2.09. The smallest absolute Gasteiger partial charge is 0.279 e. The molecule has 21 heavy (non-hydrogen) atoms. The Balaban J connectivity index is 2.28. The molecule has 0 spiro atoms. The van der Waals surface area contributed by atoms with Crippen LogP contribution < -0.4 is 10.0 Å². The van der Waals surface area contributed by atoms with Gasteiger partial charge < -0.3 is 10.2 Å². The van der Waals surface area contributed by atoms with Gasteiger partial charge in [0.15, 0.2) is 0 Å². The zero-order chi connectivity index (χ0) is 15.7. The van der Waals surface area contributed by atoms with Crippen molar-refractivity contribution in [3.05, 3.63) is 0 Å². The second-order valence-corrected chi connectivity index (χ2v) is 7.60. The molecule has 0 saturated carbocycles. The van der Waals surface area contributed by atoms with Crippen LogP contribution in [0.3, 0.4) is 0 Å². The molecular weight excluding hydrogens is 288 g/mol. The third-order valence-corrected chi connectivity index (χ3v) is 5.70. The Bertz CT molecular complexity index is 367. The highest BCUT2D eigenvalue weighted by atomic mass is 32.2. The molecule has 0 amide bonds. The van der Waals surface area contributed by atoms with Crippen molar-refractivity contribution in [3.8, 4) is 0 Å². The molecule has 0 radical (unpaired) electrons. The summed E-state index contributed by atoms with van der Waals surface area (Å²) in [6.07, 6.45) is 3.04. The van der Waals surface area contributed by atoms with Gasteiger partial charge in [-0.15, -0.1) is 0 Å². The predicted molar refractivity (Wildman–Crippen MR) is 87.6 cm³/mol. The first-order valence-electron chi connectivity index (χ1n) is 8.13. The Morgan fingerprint density at radius 1 is 1.19 bits per heavy atom. The van der Waals surface area contributed by atoms with Gasteiger partial charge in [-0.25, -0.2) is 4.72 Å². The van der Waals surface area contributed by atoms with Crippen molar-refractivity contribution in [1.29, 1.82) is 0 Å². The zero-order valence-electron chi connectivity index (χ0n) is 13.8. The first-order chi connectivity index (χ1) is 9.99. The predicted octanol–water partition coefficient (Wildman–Crippen LogP) is 0.484. The van der Waals surface area contributed by atoms with Crippen molar-refractivity contribution >= 4 is 10.2 Å². The molecule has 0 aromatic heterocycles. The van der Waals surface area contributed by atoms with E-state index in [0.717, 1.165) is 45.4 Å². The van der Waals surface area contributed by atoms with E-state index in [1.165, 1.54) is 0 Å². The van der Waals surface area contributed by atoms with E-state index in [-0.39, 0.29) is 0 Å². The van der Waals surface area contributed by atoms with Crippen molar-refractivity contribution in [1.82, 2.24) is 19.2 Å². The van der Waals surface area contributed by atoms with Crippen LogP contribution in [-0.2, 0) is 10.2 Å². The van der Waals surface area contributed by atoms with Gasteiger partial charge in [0, 0.05) is 26.2 Å². The molecule has 0 bridgehead atoms. The minimum Gasteiger partial charge on any atom is -0.316 e. The van der Waals surface area contributed by atoms with Gasteiger partial charge in [0.2, 0.25) is 0 Å². The fourth-order valence-electron chi connectivity index (χ4n) is 2.45. The highest BCUT2D eigenvalue weighted by Gasteiger charge is 2.27. The van der Waals surface area contributed by atoms with Gasteiger partial charge in [-0.3, -0.25) is 0 Å². The number of hydrogen-bond donors (Lipinski definition) is 2. The molecule has 0 aromatic carbocycles. The van der Waals surface area contributed by atoms with E-state index < -0.39 is 10.2 Å². The van der Waals surface area contributed by atoms with E-state index in [2.05, 4.69) is 28.8 Å². The topological polar surface area (TPSA) is 64.7 Å². The summed E-state index contributed by atoms with van der Waals surface area (Å²) >= 11 is 0. The zero-order valence-corrected chi connectivity index (χ0v) is 14.6. The number of hydrogen-bond acceptors (Lipinski definition) is 4. The van der Waals surface area contributed by atoms with E-state index in [9.17, 15) is 8.42 Å². The Hall–Kier alpha value is -0.210. The largest absolute Gasteiger partial charge is 0.316 e. The molecule has 126 valence electrons. The van der Waals surface area contributed by atoms with E-state index in [1.807, 2.05) is 7.05 Å². The molecule has 1 fully saturated rings. The lowest BCUT2D eigenvalue weighted by atomic mass is 9.98. The van der Waals surface area contributed by atoms with Crippen molar-refractivity contribution in [3.63, 3.8) is 0 Å². The standard InChI is InChI=1S/C14H32N4O2S/c1-4-8-15-13-14-6-10-18(11-7-14)21(19,20)16-9-12-17(3)5-2/h14-16H,4-13H2,1-3H3. The second-order valence-electron chi connectivity index (χ2n) is 5.84. The lowest BCUT2D eigenvalue weighted by molar-refractivity contribution is 0.264. The summed E-state index contributed by atoms with van der Waals surface area (Å²) in [6.45, 7) is 9.70. The van der Waals surface area contributed by atoms with Gasteiger partial charge in [0.05, 0.1) is 0 Å². The second kappa shape index (κ2) is 9.74. The van der Waals surface area contributed by atoms with Gasteiger partial charge >= 0.3 is 0 Å². The van der Waals surface area contributed by atoms with Crippen LogP contribution in [0, 0.1) is 5.92 Å². The summed E-state index contributed by atoms with van der Waals surface area (Å²) in [5.74, 6) is 0.606. The molecule has 1 saturated heterocycles. The quantitative estimate of drug-likeness (QED) is 0.575. The molecule has 1 aliphatic rings. The molecule has 1 heterocycles. The van der Waals surface area contributed by atoms with Gasteiger partial charge in [-0.05, 0) is 51.9 Å². The average Bonchev–Trinajstić information content (AvgIpc) is 2.47. The lowest BCUT2D eigenvalue weighted by Crippen LogP contribution is -2.47. The molecule has 1 rings (SSSR count). The number of likely N-dealkylation sites (N-methyl/N-ethyl adjacent to an activating group) is 1. The summed E-state index contributed by atoms with van der Waals surface area (Å²) < 4.78 is 28.7. The molecule has 0 atom stereocenters.